The lowest BCUT2D eigenvalue weighted by molar-refractivity contribution is -0.138. The van der Waals surface area contributed by atoms with Crippen LogP contribution >= 0.6 is 11.6 Å². The van der Waals surface area contributed by atoms with Gasteiger partial charge in [0.05, 0.1) is 5.69 Å². The summed E-state index contributed by atoms with van der Waals surface area (Å²) in [5, 5.41) is 9.92. The van der Waals surface area contributed by atoms with Crippen molar-refractivity contribution < 1.29 is 14.6 Å². The van der Waals surface area contributed by atoms with Crippen LogP contribution in [0.5, 0.6) is 11.5 Å². The fourth-order valence-electron chi connectivity index (χ4n) is 2.31. The standard InChI is InChI=1S/C18H20ClNO3/c1-3-11-20(13(2)18(21)22)16-12-14(19)9-10-17(16)23-15-7-5-4-6-8-15/h4-10,12-13H,3,11H2,1-2H3,(H,21,22). The van der Waals surface area contributed by atoms with Gasteiger partial charge >= 0.3 is 5.97 Å². The molecule has 0 fully saturated rings. The summed E-state index contributed by atoms with van der Waals surface area (Å²) in [6, 6.07) is 13.9. The average molecular weight is 334 g/mol. The number of rotatable bonds is 7. The molecule has 2 aromatic rings. The third kappa shape index (κ3) is 4.39. The Morgan fingerprint density at radius 1 is 1.26 bits per heavy atom. The molecule has 5 heteroatoms. The molecule has 0 aromatic heterocycles. The molecule has 0 spiro atoms. The number of carboxylic acids is 1. The number of halogens is 1. The molecule has 2 rings (SSSR count). The highest BCUT2D eigenvalue weighted by Crippen LogP contribution is 2.35. The molecule has 0 saturated heterocycles. The van der Waals surface area contributed by atoms with Gasteiger partial charge in [0.2, 0.25) is 0 Å². The molecule has 23 heavy (non-hydrogen) atoms. The minimum atomic E-state index is -0.885. The van der Waals surface area contributed by atoms with E-state index in [1.54, 1.807) is 30.0 Å². The minimum Gasteiger partial charge on any atom is -0.480 e. The first-order chi connectivity index (χ1) is 11.0. The predicted octanol–water partition coefficient (Wildman–Crippen LogP) is 4.82. The first-order valence-electron chi connectivity index (χ1n) is 7.54. The Morgan fingerprint density at radius 2 is 1.96 bits per heavy atom. The van der Waals surface area contributed by atoms with Crippen molar-refractivity contribution in [3.8, 4) is 11.5 Å². The number of benzene rings is 2. The number of nitrogens with zero attached hydrogens (tertiary/aromatic N) is 1. The molecule has 1 N–H and O–H groups in total. The summed E-state index contributed by atoms with van der Waals surface area (Å²) in [5.74, 6) is 0.390. The summed E-state index contributed by atoms with van der Waals surface area (Å²) in [7, 11) is 0. The smallest absolute Gasteiger partial charge is 0.326 e. The number of hydrogen-bond donors (Lipinski definition) is 1. The van der Waals surface area contributed by atoms with Crippen LogP contribution in [0.1, 0.15) is 20.3 Å². The third-order valence-electron chi connectivity index (χ3n) is 3.49. The fraction of sp³-hybridized carbons (Fsp3) is 0.278. The van der Waals surface area contributed by atoms with Crippen molar-refractivity contribution >= 4 is 23.3 Å². The van der Waals surface area contributed by atoms with E-state index in [9.17, 15) is 9.90 Å². The molecule has 1 atom stereocenters. The van der Waals surface area contributed by atoms with Crippen LogP contribution < -0.4 is 9.64 Å². The molecule has 0 heterocycles. The molecule has 0 amide bonds. The molecule has 2 aromatic carbocycles. The van der Waals surface area contributed by atoms with E-state index in [1.165, 1.54) is 0 Å². The summed E-state index contributed by atoms with van der Waals surface area (Å²) < 4.78 is 5.93. The van der Waals surface area contributed by atoms with Crippen molar-refractivity contribution in [3.63, 3.8) is 0 Å². The number of aliphatic carboxylic acids is 1. The monoisotopic (exact) mass is 333 g/mol. The zero-order chi connectivity index (χ0) is 16.8. The SMILES string of the molecule is CCCN(c1cc(Cl)ccc1Oc1ccccc1)C(C)C(=O)O. The van der Waals surface area contributed by atoms with Crippen LogP contribution in [-0.2, 0) is 4.79 Å². The normalized spacial score (nSPS) is 11.8. The van der Waals surface area contributed by atoms with Crippen LogP contribution in [-0.4, -0.2) is 23.7 Å². The van der Waals surface area contributed by atoms with E-state index in [4.69, 9.17) is 16.3 Å². The molecular weight excluding hydrogens is 314 g/mol. The van der Waals surface area contributed by atoms with Crippen molar-refractivity contribution in [3.05, 3.63) is 53.6 Å². The first-order valence-corrected chi connectivity index (χ1v) is 7.92. The minimum absolute atomic E-state index is 0.541. The van der Waals surface area contributed by atoms with Crippen LogP contribution in [0.4, 0.5) is 5.69 Å². The van der Waals surface area contributed by atoms with E-state index in [0.29, 0.717) is 28.8 Å². The van der Waals surface area contributed by atoms with Crippen LogP contribution in [0.15, 0.2) is 48.5 Å². The molecule has 122 valence electrons. The Labute approximate surface area is 141 Å². The van der Waals surface area contributed by atoms with Gasteiger partial charge in [0, 0.05) is 11.6 Å². The summed E-state index contributed by atoms with van der Waals surface area (Å²) in [6.45, 7) is 4.26. The highest BCUT2D eigenvalue weighted by atomic mass is 35.5. The van der Waals surface area contributed by atoms with Crippen molar-refractivity contribution in [1.82, 2.24) is 0 Å². The Bertz CT molecular complexity index is 661. The van der Waals surface area contributed by atoms with Crippen LogP contribution in [0, 0.1) is 0 Å². The van der Waals surface area contributed by atoms with Crippen LogP contribution in [0.2, 0.25) is 5.02 Å². The third-order valence-corrected chi connectivity index (χ3v) is 3.73. The molecular formula is C18H20ClNO3. The molecule has 0 bridgehead atoms. The van der Waals surface area contributed by atoms with Gasteiger partial charge in [-0.05, 0) is 43.7 Å². The predicted molar refractivity (Wildman–Crippen MR) is 92.7 cm³/mol. The number of anilines is 1. The molecule has 0 saturated carbocycles. The van der Waals surface area contributed by atoms with E-state index in [1.807, 2.05) is 37.3 Å². The van der Waals surface area contributed by atoms with Gasteiger partial charge in [-0.15, -0.1) is 0 Å². The lowest BCUT2D eigenvalue weighted by atomic mass is 10.2. The van der Waals surface area contributed by atoms with Gasteiger partial charge in [-0.2, -0.15) is 0 Å². The van der Waals surface area contributed by atoms with E-state index < -0.39 is 12.0 Å². The zero-order valence-electron chi connectivity index (χ0n) is 13.2. The molecule has 0 radical (unpaired) electrons. The largest absolute Gasteiger partial charge is 0.480 e. The van der Waals surface area contributed by atoms with Gasteiger partial charge < -0.3 is 14.7 Å². The maximum absolute atomic E-state index is 11.4. The first kappa shape index (κ1) is 17.2. The second-order valence-electron chi connectivity index (χ2n) is 5.23. The van der Waals surface area contributed by atoms with Gasteiger partial charge in [0.15, 0.2) is 5.75 Å². The van der Waals surface area contributed by atoms with Crippen molar-refractivity contribution in [1.29, 1.82) is 0 Å². The van der Waals surface area contributed by atoms with Gasteiger partial charge in [-0.1, -0.05) is 36.7 Å². The summed E-state index contributed by atoms with van der Waals surface area (Å²) in [6.07, 6.45) is 0.814. The maximum Gasteiger partial charge on any atom is 0.326 e. The van der Waals surface area contributed by atoms with Crippen molar-refractivity contribution in [2.24, 2.45) is 0 Å². The van der Waals surface area contributed by atoms with E-state index in [-0.39, 0.29) is 0 Å². The second-order valence-corrected chi connectivity index (χ2v) is 5.67. The Balaban J connectivity index is 2.42. The lowest BCUT2D eigenvalue weighted by Crippen LogP contribution is -2.39. The Hall–Kier alpha value is -2.20. The van der Waals surface area contributed by atoms with E-state index in [2.05, 4.69) is 0 Å². The molecule has 0 aliphatic heterocycles. The topological polar surface area (TPSA) is 49.8 Å². The van der Waals surface area contributed by atoms with Crippen LogP contribution in [0.3, 0.4) is 0 Å². The number of ether oxygens (including phenoxy) is 1. The van der Waals surface area contributed by atoms with Gasteiger partial charge in [-0.3, -0.25) is 0 Å². The molecule has 0 aliphatic carbocycles. The van der Waals surface area contributed by atoms with Gasteiger partial charge in [0.1, 0.15) is 11.8 Å². The number of para-hydroxylation sites is 1. The average Bonchev–Trinajstić information content (AvgIpc) is 2.54. The maximum atomic E-state index is 11.4. The summed E-state index contributed by atoms with van der Waals surface area (Å²) in [4.78, 5) is 13.2. The number of hydrogen-bond acceptors (Lipinski definition) is 3. The van der Waals surface area contributed by atoms with Crippen molar-refractivity contribution in [2.45, 2.75) is 26.3 Å². The Morgan fingerprint density at radius 3 is 2.57 bits per heavy atom. The number of carboxylic acid groups (broad SMARTS) is 1. The molecule has 4 nitrogen and oxygen atoms in total. The van der Waals surface area contributed by atoms with Crippen LogP contribution in [0.25, 0.3) is 0 Å². The highest BCUT2D eigenvalue weighted by Gasteiger charge is 2.23. The molecule has 1 unspecified atom stereocenters. The lowest BCUT2D eigenvalue weighted by Gasteiger charge is -2.30. The van der Waals surface area contributed by atoms with E-state index in [0.717, 1.165) is 6.42 Å². The highest BCUT2D eigenvalue weighted by molar-refractivity contribution is 6.31. The quantitative estimate of drug-likeness (QED) is 0.789. The summed E-state index contributed by atoms with van der Waals surface area (Å²) in [5.41, 5.74) is 0.679. The van der Waals surface area contributed by atoms with Gasteiger partial charge in [-0.25, -0.2) is 4.79 Å². The molecule has 0 aliphatic rings. The fourth-order valence-corrected chi connectivity index (χ4v) is 2.48. The number of carbonyl (C=O) groups is 1. The summed E-state index contributed by atoms with van der Waals surface area (Å²) >= 11 is 6.12. The van der Waals surface area contributed by atoms with E-state index >= 15 is 0 Å². The second kappa shape index (κ2) is 7.88. The van der Waals surface area contributed by atoms with Gasteiger partial charge in [0.25, 0.3) is 0 Å². The Kier molecular flexibility index (Phi) is 5.88. The zero-order valence-corrected chi connectivity index (χ0v) is 14.0. The van der Waals surface area contributed by atoms with Crippen molar-refractivity contribution in [2.75, 3.05) is 11.4 Å².